The van der Waals surface area contributed by atoms with Crippen LogP contribution in [0.2, 0.25) is 0 Å². The first-order valence-electron chi connectivity index (χ1n) is 8.72. The van der Waals surface area contributed by atoms with Crippen LogP contribution >= 0.6 is 0 Å². The lowest BCUT2D eigenvalue weighted by Gasteiger charge is -2.16. The van der Waals surface area contributed by atoms with Crippen molar-refractivity contribution in [1.82, 2.24) is 10.9 Å². The van der Waals surface area contributed by atoms with Gasteiger partial charge in [0.15, 0.2) is 6.61 Å². The zero-order valence-electron chi connectivity index (χ0n) is 15.0. The fourth-order valence-electron chi connectivity index (χ4n) is 2.81. The van der Waals surface area contributed by atoms with Gasteiger partial charge >= 0.3 is 0 Å². The summed E-state index contributed by atoms with van der Waals surface area (Å²) in [5, 5.41) is 0. The maximum absolute atomic E-state index is 12.1. The van der Waals surface area contributed by atoms with Crippen LogP contribution in [0.5, 0.6) is 5.75 Å². The topological polar surface area (TPSA) is 87.7 Å². The minimum absolute atomic E-state index is 0.0908. The van der Waals surface area contributed by atoms with Gasteiger partial charge in [-0.15, -0.1) is 0 Å². The highest BCUT2D eigenvalue weighted by Gasteiger charge is 2.21. The molecule has 1 heterocycles. The van der Waals surface area contributed by atoms with Crippen molar-refractivity contribution < 1.29 is 19.1 Å². The van der Waals surface area contributed by atoms with Gasteiger partial charge in [-0.25, -0.2) is 0 Å². The van der Waals surface area contributed by atoms with E-state index in [1.807, 2.05) is 25.1 Å². The zero-order valence-corrected chi connectivity index (χ0v) is 15.0. The molecule has 0 spiro atoms. The maximum atomic E-state index is 12.1. The van der Waals surface area contributed by atoms with Crippen LogP contribution in [0.3, 0.4) is 0 Å². The van der Waals surface area contributed by atoms with Gasteiger partial charge in [-0.2, -0.15) is 0 Å². The number of carbonyl (C=O) groups excluding carboxylic acids is 3. The first-order valence-corrected chi connectivity index (χ1v) is 8.72. The van der Waals surface area contributed by atoms with Gasteiger partial charge < -0.3 is 9.64 Å². The molecule has 3 rings (SSSR count). The number of benzene rings is 2. The van der Waals surface area contributed by atoms with E-state index < -0.39 is 11.8 Å². The number of nitrogens with zero attached hydrogens (tertiary/aromatic N) is 1. The highest BCUT2D eigenvalue weighted by atomic mass is 16.5. The van der Waals surface area contributed by atoms with Crippen LogP contribution in [-0.4, -0.2) is 30.9 Å². The van der Waals surface area contributed by atoms with Crippen molar-refractivity contribution >= 4 is 23.4 Å². The number of para-hydroxylation sites is 1. The number of carbonyl (C=O) groups is 3. The van der Waals surface area contributed by atoms with Gasteiger partial charge in [-0.1, -0.05) is 18.2 Å². The molecular formula is C20H21N3O4. The zero-order chi connectivity index (χ0) is 19.2. The summed E-state index contributed by atoms with van der Waals surface area (Å²) < 4.78 is 5.42. The SMILES string of the molecule is Cc1ccccc1OCC(=O)NNC(=O)c1ccc(N2CCCC2=O)cc1. The van der Waals surface area contributed by atoms with Gasteiger partial charge in [0, 0.05) is 24.2 Å². The molecule has 1 aliphatic heterocycles. The molecule has 1 saturated heterocycles. The maximum Gasteiger partial charge on any atom is 0.276 e. The number of aryl methyl sites for hydroxylation is 1. The number of hydrazine groups is 1. The van der Waals surface area contributed by atoms with E-state index in [4.69, 9.17) is 4.74 Å². The Kier molecular flexibility index (Phi) is 5.71. The molecule has 2 aromatic rings. The molecule has 140 valence electrons. The first kappa shape index (κ1) is 18.4. The lowest BCUT2D eigenvalue weighted by molar-refractivity contribution is -0.123. The van der Waals surface area contributed by atoms with E-state index in [0.29, 0.717) is 24.3 Å². The third kappa shape index (κ3) is 4.63. The van der Waals surface area contributed by atoms with Crippen molar-refractivity contribution in [3.8, 4) is 5.75 Å². The van der Waals surface area contributed by atoms with E-state index in [1.54, 1.807) is 35.2 Å². The second kappa shape index (κ2) is 8.35. The van der Waals surface area contributed by atoms with E-state index in [9.17, 15) is 14.4 Å². The molecule has 0 aliphatic carbocycles. The summed E-state index contributed by atoms with van der Waals surface area (Å²) in [6.45, 7) is 2.37. The van der Waals surface area contributed by atoms with Gasteiger partial charge in [0.05, 0.1) is 0 Å². The average Bonchev–Trinajstić information content (AvgIpc) is 3.11. The van der Waals surface area contributed by atoms with E-state index in [1.165, 1.54) is 0 Å². The van der Waals surface area contributed by atoms with Crippen LogP contribution < -0.4 is 20.5 Å². The number of hydrogen-bond acceptors (Lipinski definition) is 4. The van der Waals surface area contributed by atoms with Crippen LogP contribution in [0.1, 0.15) is 28.8 Å². The van der Waals surface area contributed by atoms with Crippen LogP contribution in [0, 0.1) is 6.92 Å². The predicted molar refractivity (Wildman–Crippen MR) is 100 cm³/mol. The molecule has 27 heavy (non-hydrogen) atoms. The molecule has 0 bridgehead atoms. The van der Waals surface area contributed by atoms with Crippen LogP contribution in [0.15, 0.2) is 48.5 Å². The van der Waals surface area contributed by atoms with Gasteiger partial charge in [-0.3, -0.25) is 25.2 Å². The Hall–Kier alpha value is -3.35. The standard InChI is InChI=1S/C20H21N3O4/c1-14-5-2-3-6-17(14)27-13-18(24)21-22-20(26)15-8-10-16(11-9-15)23-12-4-7-19(23)25/h2-3,5-6,8-11H,4,7,12-13H2,1H3,(H,21,24)(H,22,26). The minimum atomic E-state index is -0.467. The van der Waals surface area contributed by atoms with Crippen LogP contribution in [-0.2, 0) is 9.59 Å². The third-order valence-electron chi connectivity index (χ3n) is 4.28. The lowest BCUT2D eigenvalue weighted by Crippen LogP contribution is -2.43. The smallest absolute Gasteiger partial charge is 0.276 e. The predicted octanol–water partition coefficient (Wildman–Crippen LogP) is 1.96. The molecular weight excluding hydrogens is 346 g/mol. The Morgan fingerprint density at radius 3 is 2.48 bits per heavy atom. The van der Waals surface area contributed by atoms with E-state index in [2.05, 4.69) is 10.9 Å². The lowest BCUT2D eigenvalue weighted by atomic mass is 10.2. The highest BCUT2D eigenvalue weighted by molar-refractivity contribution is 5.98. The van der Waals surface area contributed by atoms with Crippen molar-refractivity contribution in [1.29, 1.82) is 0 Å². The second-order valence-corrected chi connectivity index (χ2v) is 6.25. The second-order valence-electron chi connectivity index (χ2n) is 6.25. The summed E-state index contributed by atoms with van der Waals surface area (Å²) in [7, 11) is 0. The van der Waals surface area contributed by atoms with Gasteiger partial charge in [0.1, 0.15) is 5.75 Å². The molecule has 2 N–H and O–H groups in total. The van der Waals surface area contributed by atoms with E-state index in [0.717, 1.165) is 17.7 Å². The molecule has 7 nitrogen and oxygen atoms in total. The number of amides is 3. The van der Waals surface area contributed by atoms with Gasteiger partial charge in [-0.05, 0) is 49.2 Å². The van der Waals surface area contributed by atoms with Crippen molar-refractivity contribution in [3.05, 3.63) is 59.7 Å². The molecule has 0 atom stereocenters. The highest BCUT2D eigenvalue weighted by Crippen LogP contribution is 2.21. The normalized spacial score (nSPS) is 13.4. The van der Waals surface area contributed by atoms with Crippen molar-refractivity contribution in [2.24, 2.45) is 0 Å². The minimum Gasteiger partial charge on any atom is -0.483 e. The Morgan fingerprint density at radius 1 is 1.07 bits per heavy atom. The Labute approximate surface area is 157 Å². The molecule has 0 aromatic heterocycles. The van der Waals surface area contributed by atoms with Crippen molar-refractivity contribution in [2.45, 2.75) is 19.8 Å². The van der Waals surface area contributed by atoms with E-state index >= 15 is 0 Å². The summed E-state index contributed by atoms with van der Waals surface area (Å²) in [5.41, 5.74) is 6.74. The molecule has 1 fully saturated rings. The number of ether oxygens (including phenoxy) is 1. The monoisotopic (exact) mass is 367 g/mol. The van der Waals surface area contributed by atoms with Crippen molar-refractivity contribution in [2.75, 3.05) is 18.1 Å². The summed E-state index contributed by atoms with van der Waals surface area (Å²) in [5.74, 6) is -0.205. The fourth-order valence-corrected chi connectivity index (χ4v) is 2.81. The molecule has 0 saturated carbocycles. The summed E-state index contributed by atoms with van der Waals surface area (Å²) in [6, 6.07) is 14.0. The average molecular weight is 367 g/mol. The molecule has 0 radical (unpaired) electrons. The summed E-state index contributed by atoms with van der Waals surface area (Å²) in [6.07, 6.45) is 1.40. The Morgan fingerprint density at radius 2 is 1.81 bits per heavy atom. The third-order valence-corrected chi connectivity index (χ3v) is 4.28. The van der Waals surface area contributed by atoms with Crippen LogP contribution in [0.4, 0.5) is 5.69 Å². The fraction of sp³-hybridized carbons (Fsp3) is 0.250. The summed E-state index contributed by atoms with van der Waals surface area (Å²) >= 11 is 0. The summed E-state index contributed by atoms with van der Waals surface area (Å²) in [4.78, 5) is 37.4. The Balaban J connectivity index is 1.48. The Bertz CT molecular complexity index is 849. The molecule has 7 heteroatoms. The van der Waals surface area contributed by atoms with Gasteiger partial charge in [0.2, 0.25) is 5.91 Å². The largest absolute Gasteiger partial charge is 0.483 e. The quantitative estimate of drug-likeness (QED) is 0.791. The van der Waals surface area contributed by atoms with E-state index in [-0.39, 0.29) is 12.5 Å². The van der Waals surface area contributed by atoms with Crippen molar-refractivity contribution in [3.63, 3.8) is 0 Å². The number of hydrogen-bond donors (Lipinski definition) is 2. The molecule has 1 aliphatic rings. The number of nitrogens with one attached hydrogen (secondary N) is 2. The number of rotatable bonds is 5. The van der Waals surface area contributed by atoms with Gasteiger partial charge in [0.25, 0.3) is 11.8 Å². The molecule has 2 aromatic carbocycles. The molecule has 3 amide bonds. The van der Waals surface area contributed by atoms with Crippen LogP contribution in [0.25, 0.3) is 0 Å². The molecule has 0 unspecified atom stereocenters. The number of anilines is 1. The first-order chi connectivity index (χ1) is 13.0.